The highest BCUT2D eigenvalue weighted by atomic mass is 31.2. The number of hydrogen-bond donors (Lipinski definition) is 2. The van der Waals surface area contributed by atoms with Crippen molar-refractivity contribution in [3.63, 3.8) is 0 Å². The Morgan fingerprint density at radius 1 is 0.526 bits per heavy atom. The maximum atomic E-state index is 13.1. The van der Waals surface area contributed by atoms with E-state index in [1.807, 2.05) is 45.0 Å². The predicted molar refractivity (Wildman–Crippen MR) is 147 cm³/mol. The van der Waals surface area contributed by atoms with Crippen molar-refractivity contribution in [1.29, 1.82) is 0 Å². The van der Waals surface area contributed by atoms with Gasteiger partial charge in [-0.05, 0) is 47.9 Å². The molecule has 0 spiro atoms. The number of hydrogen-bond acceptors (Lipinski definition) is 6. The van der Waals surface area contributed by atoms with Gasteiger partial charge in [0.05, 0.1) is 0 Å². The smallest absolute Gasteiger partial charge is 0.404 e. The minimum absolute atomic E-state index is 0.217. The van der Waals surface area contributed by atoms with Crippen molar-refractivity contribution in [1.82, 2.24) is 0 Å². The van der Waals surface area contributed by atoms with Crippen molar-refractivity contribution in [2.75, 3.05) is 0 Å². The standard InChI is InChI=1S/C18H15O4P.C10H15O4P/c19-23(20-16-10-4-1-5-11-16,21-17-12-6-2-7-13-17)22-18-14-8-3-9-15-18;1-10(2,3)8-6-4-5-7-9(8)14-15(11,12)13/h1-15H;4-7H,1-3H3,(H2,11,12,13). The van der Waals surface area contributed by atoms with Gasteiger partial charge in [-0.2, -0.15) is 4.57 Å². The van der Waals surface area contributed by atoms with Gasteiger partial charge in [0.25, 0.3) is 0 Å². The normalized spacial score (nSPS) is 11.5. The second-order valence-electron chi connectivity index (χ2n) is 8.99. The van der Waals surface area contributed by atoms with E-state index in [-0.39, 0.29) is 11.2 Å². The number of phosphoric acid groups is 2. The molecule has 200 valence electrons. The SMILES string of the molecule is CC(C)(C)c1ccccc1OP(=O)(O)O.O=P(Oc1ccccc1)(Oc1ccccc1)Oc1ccccc1. The van der Waals surface area contributed by atoms with Crippen LogP contribution in [-0.4, -0.2) is 9.79 Å². The third kappa shape index (κ3) is 9.73. The molecule has 0 aliphatic carbocycles. The van der Waals surface area contributed by atoms with E-state index in [4.69, 9.17) is 23.4 Å². The van der Waals surface area contributed by atoms with Gasteiger partial charge in [-0.15, -0.1) is 0 Å². The average Bonchev–Trinajstić information content (AvgIpc) is 2.85. The Bertz CT molecular complexity index is 1260. The highest BCUT2D eigenvalue weighted by Gasteiger charge is 2.33. The fourth-order valence-electron chi connectivity index (χ4n) is 3.18. The Morgan fingerprint density at radius 2 is 0.868 bits per heavy atom. The maximum absolute atomic E-state index is 13.1. The summed E-state index contributed by atoms with van der Waals surface area (Å²) in [5.74, 6) is 1.45. The van der Waals surface area contributed by atoms with Crippen molar-refractivity contribution in [3.8, 4) is 23.0 Å². The zero-order valence-corrected chi connectivity index (χ0v) is 23.0. The van der Waals surface area contributed by atoms with E-state index in [0.29, 0.717) is 17.2 Å². The lowest BCUT2D eigenvalue weighted by molar-refractivity contribution is 0.280. The second kappa shape index (κ2) is 12.8. The van der Waals surface area contributed by atoms with E-state index >= 15 is 0 Å². The van der Waals surface area contributed by atoms with Crippen LogP contribution in [0.25, 0.3) is 0 Å². The quantitative estimate of drug-likeness (QED) is 0.212. The number of rotatable bonds is 8. The van der Waals surface area contributed by atoms with Crippen LogP contribution in [0.15, 0.2) is 115 Å². The van der Waals surface area contributed by atoms with Crippen molar-refractivity contribution < 1.29 is 37.0 Å². The summed E-state index contributed by atoms with van der Waals surface area (Å²) < 4.78 is 45.0. The Balaban J connectivity index is 0.000000232. The minimum Gasteiger partial charge on any atom is -0.404 e. The molecule has 0 unspecified atom stereocenters. The molecule has 0 saturated carbocycles. The van der Waals surface area contributed by atoms with E-state index < -0.39 is 15.6 Å². The predicted octanol–water partition coefficient (Wildman–Crippen LogP) is 7.79. The molecule has 0 saturated heterocycles. The number of benzene rings is 4. The largest absolute Gasteiger partial charge is 0.647 e. The van der Waals surface area contributed by atoms with E-state index in [0.717, 1.165) is 5.56 Å². The molecule has 0 bridgehead atoms. The van der Waals surface area contributed by atoms with Crippen molar-refractivity contribution in [2.45, 2.75) is 26.2 Å². The zero-order valence-electron chi connectivity index (χ0n) is 21.2. The third-order valence-corrected chi connectivity index (χ3v) is 6.53. The van der Waals surface area contributed by atoms with Crippen molar-refractivity contribution in [3.05, 3.63) is 121 Å². The summed E-state index contributed by atoms with van der Waals surface area (Å²) >= 11 is 0. The van der Waals surface area contributed by atoms with Crippen LogP contribution in [0.3, 0.4) is 0 Å². The molecule has 0 amide bonds. The zero-order chi connectivity index (χ0) is 27.7. The summed E-state index contributed by atoms with van der Waals surface area (Å²) in [6.45, 7) is 5.86. The fourth-order valence-corrected chi connectivity index (χ4v) is 4.85. The van der Waals surface area contributed by atoms with Gasteiger partial charge in [0.1, 0.15) is 23.0 Å². The first-order chi connectivity index (χ1) is 17.9. The first-order valence-corrected chi connectivity index (χ1v) is 14.6. The molecule has 0 aliphatic rings. The second-order valence-corrected chi connectivity index (χ2v) is 11.6. The topological polar surface area (TPSA) is 112 Å². The summed E-state index contributed by atoms with van der Waals surface area (Å²) in [6.07, 6.45) is 0. The van der Waals surface area contributed by atoms with Crippen LogP contribution < -0.4 is 18.1 Å². The highest BCUT2D eigenvalue weighted by Crippen LogP contribution is 2.49. The van der Waals surface area contributed by atoms with Gasteiger partial charge < -0.3 is 18.1 Å². The molecule has 0 atom stereocenters. The molecule has 0 aliphatic heterocycles. The van der Waals surface area contributed by atoms with Gasteiger partial charge in [0.2, 0.25) is 0 Å². The van der Waals surface area contributed by atoms with Gasteiger partial charge in [0, 0.05) is 5.56 Å². The third-order valence-electron chi connectivity index (χ3n) is 4.79. The molecule has 0 aromatic heterocycles. The molecule has 0 fully saturated rings. The molecule has 10 heteroatoms. The summed E-state index contributed by atoms with van der Waals surface area (Å²) in [4.78, 5) is 17.5. The highest BCUT2D eigenvalue weighted by molar-refractivity contribution is 7.49. The number of phosphoric ester groups is 2. The Labute approximate surface area is 222 Å². The summed E-state index contributed by atoms with van der Waals surface area (Å²) in [5, 5.41) is 0. The van der Waals surface area contributed by atoms with E-state index in [1.165, 1.54) is 0 Å². The monoisotopic (exact) mass is 556 g/mol. The molecule has 4 aromatic rings. The lowest BCUT2D eigenvalue weighted by atomic mass is 9.86. The molecule has 38 heavy (non-hydrogen) atoms. The van der Waals surface area contributed by atoms with Crippen LogP contribution in [0.4, 0.5) is 0 Å². The molecule has 2 N–H and O–H groups in total. The molecule has 0 heterocycles. The average molecular weight is 556 g/mol. The first-order valence-electron chi connectivity index (χ1n) is 11.6. The summed E-state index contributed by atoms with van der Waals surface area (Å²) in [6, 6.07) is 33.2. The molecule has 4 rings (SSSR count). The van der Waals surface area contributed by atoms with Gasteiger partial charge in [-0.1, -0.05) is 93.6 Å². The van der Waals surface area contributed by atoms with Crippen LogP contribution in [-0.2, 0) is 14.5 Å². The van der Waals surface area contributed by atoms with Crippen molar-refractivity contribution in [2.24, 2.45) is 0 Å². The summed E-state index contributed by atoms with van der Waals surface area (Å²) in [7, 11) is -8.37. The van der Waals surface area contributed by atoms with Crippen LogP contribution in [0.5, 0.6) is 23.0 Å². The van der Waals surface area contributed by atoms with Gasteiger partial charge >= 0.3 is 15.6 Å². The lowest BCUT2D eigenvalue weighted by Gasteiger charge is -2.22. The van der Waals surface area contributed by atoms with Crippen molar-refractivity contribution >= 4 is 15.6 Å². The molecule has 0 radical (unpaired) electrons. The molecule has 4 aromatic carbocycles. The minimum atomic E-state index is -4.48. The number of para-hydroxylation sites is 4. The summed E-state index contributed by atoms with van der Waals surface area (Å²) in [5.41, 5.74) is 0.555. The molecule has 8 nitrogen and oxygen atoms in total. The van der Waals surface area contributed by atoms with E-state index in [9.17, 15) is 9.13 Å². The Kier molecular flexibility index (Phi) is 9.78. The Morgan fingerprint density at radius 3 is 1.21 bits per heavy atom. The van der Waals surface area contributed by atoms with Gasteiger partial charge in [-0.3, -0.25) is 9.79 Å². The van der Waals surface area contributed by atoms with Gasteiger partial charge in [0.15, 0.2) is 0 Å². The molecular formula is C28H30O8P2. The maximum Gasteiger partial charge on any atom is 0.647 e. The van der Waals surface area contributed by atoms with Crippen LogP contribution >= 0.6 is 15.6 Å². The Hall–Kier alpha value is -3.54. The van der Waals surface area contributed by atoms with Gasteiger partial charge in [-0.25, -0.2) is 4.57 Å². The molecular weight excluding hydrogens is 526 g/mol. The van der Waals surface area contributed by atoms with Crippen LogP contribution in [0, 0.1) is 0 Å². The van der Waals surface area contributed by atoms with Crippen LogP contribution in [0.2, 0.25) is 0 Å². The first kappa shape index (κ1) is 29.0. The van der Waals surface area contributed by atoms with Crippen LogP contribution in [0.1, 0.15) is 26.3 Å². The van der Waals surface area contributed by atoms with E-state index in [2.05, 4.69) is 4.52 Å². The fraction of sp³-hybridized carbons (Fsp3) is 0.143. The van der Waals surface area contributed by atoms with E-state index in [1.54, 1.807) is 91.0 Å². The lowest BCUT2D eigenvalue weighted by Crippen LogP contribution is -2.12.